The Morgan fingerprint density at radius 2 is 1.81 bits per heavy atom. The lowest BCUT2D eigenvalue weighted by molar-refractivity contribution is -0.119. The molecular weight excluding hydrogens is 354 g/mol. The number of hydrogen-bond donors (Lipinski definition) is 2. The summed E-state index contributed by atoms with van der Waals surface area (Å²) in [6.07, 6.45) is 1.05. The van der Waals surface area contributed by atoms with Crippen LogP contribution in [0, 0.1) is 0 Å². The van der Waals surface area contributed by atoms with Crippen LogP contribution in [-0.4, -0.2) is 19.0 Å². The molecular formula is C22H23N3OS. The van der Waals surface area contributed by atoms with E-state index < -0.39 is 0 Å². The summed E-state index contributed by atoms with van der Waals surface area (Å²) in [7, 11) is 0. The van der Waals surface area contributed by atoms with E-state index in [-0.39, 0.29) is 12.5 Å². The summed E-state index contributed by atoms with van der Waals surface area (Å²) in [5.41, 5.74) is 4.97. The molecule has 2 heterocycles. The number of benzene rings is 2. The van der Waals surface area contributed by atoms with Crippen molar-refractivity contribution in [3.8, 4) is 0 Å². The molecule has 1 aliphatic heterocycles. The number of hydrogen-bond acceptors (Lipinski definition) is 4. The average molecular weight is 378 g/mol. The number of fused-ring (bicyclic) bond motifs is 1. The zero-order chi connectivity index (χ0) is 18.5. The van der Waals surface area contributed by atoms with E-state index in [0.717, 1.165) is 35.8 Å². The van der Waals surface area contributed by atoms with E-state index in [9.17, 15) is 4.79 Å². The van der Waals surface area contributed by atoms with Crippen LogP contribution < -0.4 is 15.5 Å². The van der Waals surface area contributed by atoms with Crippen molar-refractivity contribution < 1.29 is 4.79 Å². The highest BCUT2D eigenvalue weighted by Crippen LogP contribution is 2.30. The fraction of sp³-hybridized carbons (Fsp3) is 0.227. The smallest absolute Gasteiger partial charge is 0.239 e. The lowest BCUT2D eigenvalue weighted by Crippen LogP contribution is -2.32. The Hall–Kier alpha value is -2.79. The number of nitrogens with zero attached hydrogens (tertiary/aromatic N) is 1. The molecule has 0 unspecified atom stereocenters. The molecule has 3 aromatic rings. The standard InChI is InChI=1S/C22H23N3OS/c26-22(24-14-19-8-5-13-27-19)15-23-20-9-3-4-10-21(20)25-12-11-17-6-1-2-7-18(17)16-25/h1-10,13,23H,11-12,14-16H2,(H,24,26). The second kappa shape index (κ2) is 8.27. The van der Waals surface area contributed by atoms with Crippen LogP contribution in [0.4, 0.5) is 11.4 Å². The van der Waals surface area contributed by atoms with Crippen molar-refractivity contribution in [3.05, 3.63) is 82.0 Å². The minimum atomic E-state index is 0.00203. The van der Waals surface area contributed by atoms with Crippen molar-refractivity contribution in [3.63, 3.8) is 0 Å². The monoisotopic (exact) mass is 377 g/mol. The Kier molecular flexibility index (Phi) is 5.39. The van der Waals surface area contributed by atoms with E-state index in [1.807, 2.05) is 29.6 Å². The molecule has 0 bridgehead atoms. The van der Waals surface area contributed by atoms with Crippen LogP contribution in [-0.2, 0) is 24.3 Å². The van der Waals surface area contributed by atoms with Gasteiger partial charge in [0, 0.05) is 18.0 Å². The number of rotatable bonds is 6. The third-order valence-corrected chi connectivity index (χ3v) is 5.73. The summed E-state index contributed by atoms with van der Waals surface area (Å²) in [5.74, 6) is 0.00203. The SMILES string of the molecule is O=C(CNc1ccccc1N1CCc2ccccc2C1)NCc1cccs1. The summed E-state index contributed by atoms with van der Waals surface area (Å²) in [5, 5.41) is 8.30. The molecule has 2 aromatic carbocycles. The van der Waals surface area contributed by atoms with Crippen molar-refractivity contribution in [2.45, 2.75) is 19.5 Å². The van der Waals surface area contributed by atoms with Gasteiger partial charge >= 0.3 is 0 Å². The van der Waals surface area contributed by atoms with Crippen molar-refractivity contribution >= 4 is 28.6 Å². The number of carbonyl (C=O) groups is 1. The van der Waals surface area contributed by atoms with Gasteiger partial charge in [-0.15, -0.1) is 11.3 Å². The van der Waals surface area contributed by atoms with Gasteiger partial charge in [-0.05, 0) is 41.1 Å². The maximum Gasteiger partial charge on any atom is 0.239 e. The molecule has 0 spiro atoms. The van der Waals surface area contributed by atoms with Gasteiger partial charge in [-0.3, -0.25) is 4.79 Å². The van der Waals surface area contributed by atoms with E-state index in [2.05, 4.69) is 51.9 Å². The van der Waals surface area contributed by atoms with Gasteiger partial charge in [0.1, 0.15) is 0 Å². The third-order valence-electron chi connectivity index (χ3n) is 4.85. The predicted octanol–water partition coefficient (Wildman–Crippen LogP) is 4.04. The van der Waals surface area contributed by atoms with Crippen LogP contribution in [0.5, 0.6) is 0 Å². The maximum absolute atomic E-state index is 12.2. The zero-order valence-corrected chi connectivity index (χ0v) is 16.0. The summed E-state index contributed by atoms with van der Waals surface area (Å²) >= 11 is 1.65. The van der Waals surface area contributed by atoms with Crippen LogP contribution in [0.15, 0.2) is 66.0 Å². The number of nitrogens with one attached hydrogen (secondary N) is 2. The minimum absolute atomic E-state index is 0.00203. The molecule has 27 heavy (non-hydrogen) atoms. The van der Waals surface area contributed by atoms with Crippen LogP contribution in [0.2, 0.25) is 0 Å². The number of amides is 1. The van der Waals surface area contributed by atoms with Crippen LogP contribution in [0.1, 0.15) is 16.0 Å². The first-order chi connectivity index (χ1) is 13.3. The highest BCUT2D eigenvalue weighted by Gasteiger charge is 2.18. The van der Waals surface area contributed by atoms with Gasteiger partial charge in [0.25, 0.3) is 0 Å². The third kappa shape index (κ3) is 4.31. The van der Waals surface area contributed by atoms with Gasteiger partial charge in [0.05, 0.1) is 24.5 Å². The van der Waals surface area contributed by atoms with Gasteiger partial charge < -0.3 is 15.5 Å². The first-order valence-electron chi connectivity index (χ1n) is 9.23. The zero-order valence-electron chi connectivity index (χ0n) is 15.2. The molecule has 4 nitrogen and oxygen atoms in total. The summed E-state index contributed by atoms with van der Waals surface area (Å²) in [6, 6.07) is 20.9. The molecule has 4 rings (SSSR count). The van der Waals surface area contributed by atoms with E-state index in [1.54, 1.807) is 11.3 Å². The second-order valence-corrected chi connectivity index (χ2v) is 7.70. The van der Waals surface area contributed by atoms with Crippen molar-refractivity contribution in [1.82, 2.24) is 5.32 Å². The fourth-order valence-electron chi connectivity index (χ4n) is 3.44. The first-order valence-corrected chi connectivity index (χ1v) is 10.1. The van der Waals surface area contributed by atoms with E-state index in [4.69, 9.17) is 0 Å². The molecule has 2 N–H and O–H groups in total. The van der Waals surface area contributed by atoms with Crippen LogP contribution in [0.3, 0.4) is 0 Å². The first kappa shape index (κ1) is 17.6. The van der Waals surface area contributed by atoms with Gasteiger partial charge in [-0.25, -0.2) is 0 Å². The lowest BCUT2D eigenvalue weighted by Gasteiger charge is -2.32. The van der Waals surface area contributed by atoms with Crippen molar-refractivity contribution in [1.29, 1.82) is 0 Å². The highest BCUT2D eigenvalue weighted by atomic mass is 32.1. The normalized spacial score (nSPS) is 13.1. The molecule has 1 aliphatic rings. The molecule has 0 atom stereocenters. The number of carbonyl (C=O) groups excluding carboxylic acids is 1. The van der Waals surface area contributed by atoms with Gasteiger partial charge in [-0.2, -0.15) is 0 Å². The number of anilines is 2. The summed E-state index contributed by atoms with van der Waals surface area (Å²) < 4.78 is 0. The largest absolute Gasteiger partial charge is 0.374 e. The molecule has 0 saturated heterocycles. The molecule has 0 fully saturated rings. The molecule has 5 heteroatoms. The summed E-state index contributed by atoms with van der Waals surface area (Å²) in [4.78, 5) is 15.7. The Morgan fingerprint density at radius 1 is 1.00 bits per heavy atom. The predicted molar refractivity (Wildman–Crippen MR) is 112 cm³/mol. The number of para-hydroxylation sites is 2. The summed E-state index contributed by atoms with van der Waals surface area (Å²) in [6.45, 7) is 2.75. The lowest BCUT2D eigenvalue weighted by atomic mass is 9.99. The van der Waals surface area contributed by atoms with Gasteiger partial charge in [0.15, 0.2) is 0 Å². The van der Waals surface area contributed by atoms with Crippen LogP contribution >= 0.6 is 11.3 Å². The van der Waals surface area contributed by atoms with Crippen LogP contribution in [0.25, 0.3) is 0 Å². The molecule has 1 aromatic heterocycles. The minimum Gasteiger partial charge on any atom is -0.374 e. The van der Waals surface area contributed by atoms with E-state index in [0.29, 0.717) is 6.54 Å². The molecule has 0 saturated carbocycles. The maximum atomic E-state index is 12.2. The highest BCUT2D eigenvalue weighted by molar-refractivity contribution is 7.09. The fourth-order valence-corrected chi connectivity index (χ4v) is 4.08. The van der Waals surface area contributed by atoms with E-state index in [1.165, 1.54) is 11.1 Å². The Labute approximate surface area is 163 Å². The van der Waals surface area contributed by atoms with Gasteiger partial charge in [0.2, 0.25) is 5.91 Å². The molecule has 138 valence electrons. The van der Waals surface area contributed by atoms with Gasteiger partial charge in [-0.1, -0.05) is 42.5 Å². The Balaban J connectivity index is 1.39. The number of thiophene rings is 1. The quantitative estimate of drug-likeness (QED) is 0.681. The molecule has 0 radical (unpaired) electrons. The average Bonchev–Trinajstić information content (AvgIpc) is 3.24. The topological polar surface area (TPSA) is 44.4 Å². The van der Waals surface area contributed by atoms with E-state index >= 15 is 0 Å². The Morgan fingerprint density at radius 3 is 2.67 bits per heavy atom. The Bertz CT molecular complexity index is 907. The molecule has 1 amide bonds. The second-order valence-electron chi connectivity index (χ2n) is 6.67. The van der Waals surface area contributed by atoms with Crippen molar-refractivity contribution in [2.24, 2.45) is 0 Å². The molecule has 0 aliphatic carbocycles. The van der Waals surface area contributed by atoms with Crippen molar-refractivity contribution in [2.75, 3.05) is 23.3 Å².